The Balaban J connectivity index is 0.00000157. The first-order valence-electron chi connectivity index (χ1n) is 21.4. The summed E-state index contributed by atoms with van der Waals surface area (Å²) in [6.07, 6.45) is -31.6. The fraction of sp³-hybridized carbons (Fsp3) is 0.240. The van der Waals surface area contributed by atoms with Gasteiger partial charge in [0, 0.05) is 20.1 Å². The Kier molecular flexibility index (Phi) is 25.1. The van der Waals surface area contributed by atoms with Crippen LogP contribution < -0.4 is 31.8 Å². The summed E-state index contributed by atoms with van der Waals surface area (Å²) in [5, 5.41) is -1.14. The van der Waals surface area contributed by atoms with Crippen LogP contribution in [-0.2, 0) is 76.6 Å². The van der Waals surface area contributed by atoms with Crippen molar-refractivity contribution in [1.29, 1.82) is 0 Å². The third-order valence-electron chi connectivity index (χ3n) is 10.8. The summed E-state index contributed by atoms with van der Waals surface area (Å²) < 4.78 is 331. The van der Waals surface area contributed by atoms with Gasteiger partial charge in [0.25, 0.3) is 0 Å². The van der Waals surface area contributed by atoms with E-state index in [1.165, 1.54) is 43.3 Å². The van der Waals surface area contributed by atoms with Crippen molar-refractivity contribution in [2.24, 2.45) is 5.41 Å². The van der Waals surface area contributed by atoms with E-state index in [1.54, 1.807) is 0 Å². The van der Waals surface area contributed by atoms with E-state index < -0.39 is 134 Å². The molecule has 31 heteroatoms. The van der Waals surface area contributed by atoms with Crippen molar-refractivity contribution in [3.8, 4) is 0 Å². The second kappa shape index (κ2) is 28.2. The first-order valence-corrected chi connectivity index (χ1v) is 27.3. The Morgan fingerprint density at radius 3 is 0.605 bits per heavy atom. The maximum Gasteiger partial charge on any atom is 0 e. The van der Waals surface area contributed by atoms with Crippen LogP contribution in [0.25, 0.3) is 0 Å². The maximum absolute atomic E-state index is 14.3. The molecule has 6 aromatic carbocycles. The summed E-state index contributed by atoms with van der Waals surface area (Å²) in [7, 11) is -13.6. The van der Waals surface area contributed by atoms with Crippen LogP contribution in [0.3, 0.4) is 0 Å². The summed E-state index contributed by atoms with van der Waals surface area (Å²) in [5.41, 5.74) is -14.8. The molecule has 0 saturated heterocycles. The van der Waals surface area contributed by atoms with E-state index in [4.69, 9.17) is 22.3 Å². The summed E-state index contributed by atoms with van der Waals surface area (Å²) in [5.74, 6) is 0. The minimum absolute atomic E-state index is 0. The Morgan fingerprint density at radius 2 is 0.494 bits per heavy atom. The molecule has 0 aliphatic carbocycles. The molecule has 0 aliphatic heterocycles. The summed E-state index contributed by atoms with van der Waals surface area (Å²) in [6.45, 7) is 10.4. The zero-order chi connectivity index (χ0) is 61.3. The zero-order valence-corrected chi connectivity index (χ0v) is 45.9. The van der Waals surface area contributed by atoms with Gasteiger partial charge in [-0.25, -0.2) is 8.42 Å². The molecule has 0 bridgehead atoms. The number of alkyl halides is 21. The van der Waals surface area contributed by atoms with Crippen molar-refractivity contribution >= 4 is 65.7 Å². The van der Waals surface area contributed by atoms with Gasteiger partial charge in [0.05, 0.1) is 33.4 Å². The third kappa shape index (κ3) is 20.8. The number of halogens is 21. The van der Waals surface area contributed by atoms with E-state index in [1.807, 2.05) is 0 Å². The summed E-state index contributed by atoms with van der Waals surface area (Å²) in [6, 6.07) is 21.2. The molecule has 0 spiro atoms. The fourth-order valence-electron chi connectivity index (χ4n) is 7.39. The molecule has 0 fully saturated rings. The molecule has 0 saturated carbocycles. The first-order chi connectivity index (χ1) is 36.6. The Bertz CT molecular complexity index is 2720. The van der Waals surface area contributed by atoms with Gasteiger partial charge in [0.2, 0.25) is 0 Å². The van der Waals surface area contributed by atoms with Gasteiger partial charge in [-0.2, -0.15) is 92.2 Å². The molecule has 6 aromatic rings. The van der Waals surface area contributed by atoms with Gasteiger partial charge < -0.3 is 4.55 Å². The van der Waals surface area contributed by atoms with E-state index in [2.05, 4.69) is 13.3 Å². The largest absolute Gasteiger partial charge is 0 e. The van der Waals surface area contributed by atoms with Gasteiger partial charge >= 0.3 is 65.2 Å². The minimum Gasteiger partial charge on any atom is 0 e. The predicted octanol–water partition coefficient (Wildman–Crippen LogP) is 14.5. The van der Waals surface area contributed by atoms with Gasteiger partial charge in [-0.05, 0) is 152 Å². The van der Waals surface area contributed by atoms with Crippen LogP contribution in [0.15, 0.2) is 146 Å². The molecule has 0 unspecified atom stereocenters. The van der Waals surface area contributed by atoms with Crippen molar-refractivity contribution in [3.05, 3.63) is 192 Å². The number of rotatable bonds is 12. The second-order valence-corrected chi connectivity index (χ2v) is 24.7. The van der Waals surface area contributed by atoms with Crippen molar-refractivity contribution < 1.29 is 135 Å². The zero-order valence-electron chi connectivity index (χ0n) is 40.0. The molecule has 5 nitrogen and oxygen atoms in total. The normalized spacial score (nSPS) is 12.8. The molecule has 81 heavy (non-hydrogen) atoms. The molecule has 0 amide bonds. The molecule has 0 atom stereocenters. The SMILES string of the molecule is CC(CP(c1cccc(C(F)(F)F)c1)c1cccc(C(F)(F)F)c1)(CP(c1cccc(C(F)(F)F)c1)c1cccc(C(F)(F)F)c1)CP(c1cccc(C(F)(F)F)c1)c1cccc(C(F)(F)F)c1.O=S(=O)([O-])C(F)(F)F.[C-]#[O+].[C-]#[O+].[Ir]. The van der Waals surface area contributed by atoms with E-state index in [0.29, 0.717) is 72.8 Å². The molecule has 0 aromatic heterocycles. The van der Waals surface area contributed by atoms with Crippen LogP contribution >= 0.6 is 23.8 Å². The van der Waals surface area contributed by atoms with Crippen molar-refractivity contribution in [2.75, 3.05) is 18.5 Å². The van der Waals surface area contributed by atoms with Gasteiger partial charge in [-0.15, -0.1) is 0 Å². The predicted molar refractivity (Wildman–Crippen MR) is 254 cm³/mol. The van der Waals surface area contributed by atoms with Crippen LogP contribution in [0.4, 0.5) is 92.2 Å². The van der Waals surface area contributed by atoms with Crippen molar-refractivity contribution in [2.45, 2.75) is 49.5 Å². The third-order valence-corrected chi connectivity index (χ3v) is 20.0. The monoisotopic (exact) mass is 1430 g/mol. The first kappa shape index (κ1) is 72.3. The number of benzene rings is 6. The second-order valence-electron chi connectivity index (χ2n) is 16.8. The fourth-order valence-corrected chi connectivity index (χ4v) is 16.2. The molecular weight excluding hydrogens is 1400 g/mol. The van der Waals surface area contributed by atoms with Crippen LogP contribution in [-0.4, -0.2) is 37.0 Å². The van der Waals surface area contributed by atoms with Gasteiger partial charge in [-0.3, -0.25) is 0 Å². The standard InChI is InChI=1S/C47H33F18P3.CHF3O3S.2CO.Ir/c1-41(26-66(35-14-2-8-29(20-35)42(48,49)50)36-15-3-9-30(21-36)43(51,52)53,27-67(37-16-4-10-31(22-37)44(54,55)56)38-17-5-11-32(23-38)45(57,58)59)28-68(39-18-6-12-33(24-39)46(60,61)62)40-19-7-13-34(25-40)47(63,64)65;2-1(3,4)8(5,6)7;2*1-2;/h2-25H,26-28H2,1H3;(H,5,6,7);;;/p-1. The molecule has 1 radical (unpaired) electrons. The Morgan fingerprint density at radius 1 is 0.358 bits per heavy atom. The molecule has 0 N–H and O–H groups in total. The van der Waals surface area contributed by atoms with Crippen LogP contribution in [0, 0.1) is 18.7 Å². The molecule has 6 rings (SSSR count). The molecular formula is C50H33F21IrO5P3S-. The van der Waals surface area contributed by atoms with E-state index in [-0.39, 0.29) is 51.9 Å². The molecule has 441 valence electrons. The topological polar surface area (TPSA) is 97.0 Å². The number of hydrogen-bond acceptors (Lipinski definition) is 3. The Hall–Kier alpha value is -4.82. The van der Waals surface area contributed by atoms with Gasteiger partial charge in [0.15, 0.2) is 10.1 Å². The van der Waals surface area contributed by atoms with E-state index in [9.17, 15) is 92.2 Å². The van der Waals surface area contributed by atoms with Crippen LogP contribution in [0.1, 0.15) is 40.3 Å². The van der Waals surface area contributed by atoms with Crippen molar-refractivity contribution in [3.63, 3.8) is 0 Å². The molecule has 0 heterocycles. The quantitative estimate of drug-likeness (QED) is 0.0305. The van der Waals surface area contributed by atoms with Gasteiger partial charge in [0.1, 0.15) is 0 Å². The van der Waals surface area contributed by atoms with E-state index >= 15 is 0 Å². The smallest absolute Gasteiger partial charge is 0 e. The Labute approximate surface area is 464 Å². The van der Waals surface area contributed by atoms with Crippen molar-refractivity contribution in [1.82, 2.24) is 0 Å². The summed E-state index contributed by atoms with van der Waals surface area (Å²) >= 11 is 0. The maximum atomic E-state index is 14.3. The summed E-state index contributed by atoms with van der Waals surface area (Å²) in [4.78, 5) is 0. The average molecular weight is 1430 g/mol. The molecule has 0 aliphatic rings. The van der Waals surface area contributed by atoms with Crippen LogP contribution in [0.5, 0.6) is 0 Å². The van der Waals surface area contributed by atoms with Gasteiger partial charge in [-0.1, -0.05) is 79.7 Å². The van der Waals surface area contributed by atoms with Crippen LogP contribution in [0.2, 0.25) is 0 Å². The minimum atomic E-state index is -6.09. The average Bonchev–Trinajstić information content (AvgIpc) is 3.36. The van der Waals surface area contributed by atoms with E-state index in [0.717, 1.165) is 36.4 Å². The number of hydrogen-bond donors (Lipinski definition) is 0.